The molecule has 0 radical (unpaired) electrons. The molecule has 1 aromatic rings. The summed E-state index contributed by atoms with van der Waals surface area (Å²) in [6.45, 7) is 6.25. The molecule has 1 aliphatic carbocycles. The second-order valence-corrected chi connectivity index (χ2v) is 7.84. The van der Waals surface area contributed by atoms with Gasteiger partial charge in [0.1, 0.15) is 0 Å². The van der Waals surface area contributed by atoms with Crippen molar-refractivity contribution in [3.63, 3.8) is 0 Å². The van der Waals surface area contributed by atoms with E-state index in [0.29, 0.717) is 13.1 Å². The van der Waals surface area contributed by atoms with E-state index < -0.39 is 10.0 Å². The average Bonchev–Trinajstić information content (AvgIpc) is 2.91. The average molecular weight is 311 g/mol. The van der Waals surface area contributed by atoms with Crippen LogP contribution in [0.15, 0.2) is 23.4 Å². The lowest BCUT2D eigenvalue weighted by atomic mass is 9.89. The van der Waals surface area contributed by atoms with Crippen LogP contribution in [0.1, 0.15) is 45.1 Å². The van der Waals surface area contributed by atoms with Crippen molar-refractivity contribution in [1.82, 2.24) is 15.0 Å². The first-order chi connectivity index (χ1) is 9.95. The number of nitrogens with zero attached hydrogens (tertiary/aromatic N) is 1. The van der Waals surface area contributed by atoms with Crippen molar-refractivity contribution >= 4 is 10.0 Å². The van der Waals surface area contributed by atoms with Crippen LogP contribution in [0, 0.1) is 5.41 Å². The maximum absolute atomic E-state index is 12.3. The fraction of sp³-hybridized carbons (Fsp3) is 0.667. The Morgan fingerprint density at radius 2 is 2.00 bits per heavy atom. The van der Waals surface area contributed by atoms with Crippen LogP contribution in [0.5, 0.6) is 0 Å². The van der Waals surface area contributed by atoms with E-state index in [0.717, 1.165) is 24.9 Å². The Morgan fingerprint density at radius 1 is 1.29 bits per heavy atom. The Kier molecular flexibility index (Phi) is 5.35. The van der Waals surface area contributed by atoms with Crippen LogP contribution in [0.25, 0.3) is 0 Å². The van der Waals surface area contributed by atoms with Crippen molar-refractivity contribution < 1.29 is 8.42 Å². The van der Waals surface area contributed by atoms with Crippen molar-refractivity contribution in [3.05, 3.63) is 23.9 Å². The third-order valence-electron chi connectivity index (χ3n) is 4.15. The molecule has 5 nitrogen and oxygen atoms in total. The van der Waals surface area contributed by atoms with Crippen molar-refractivity contribution in [2.24, 2.45) is 5.41 Å². The molecule has 6 heteroatoms. The number of hydrogen-bond donors (Lipinski definition) is 2. The monoisotopic (exact) mass is 311 g/mol. The minimum atomic E-state index is -3.50. The van der Waals surface area contributed by atoms with Crippen LogP contribution in [-0.4, -0.2) is 26.5 Å². The number of aromatic nitrogens is 1. The van der Waals surface area contributed by atoms with Gasteiger partial charge in [0.25, 0.3) is 10.0 Å². The molecular weight excluding hydrogens is 286 g/mol. The summed E-state index contributed by atoms with van der Waals surface area (Å²) in [5.41, 5.74) is 1.08. The molecule has 0 aromatic carbocycles. The Balaban J connectivity index is 1.98. The largest absolute Gasteiger partial charge is 0.313 e. The van der Waals surface area contributed by atoms with Crippen molar-refractivity contribution in [3.8, 4) is 0 Å². The molecule has 2 N–H and O–H groups in total. The molecule has 1 fully saturated rings. The maximum Gasteiger partial charge on any atom is 0.258 e. The predicted octanol–water partition coefficient (Wildman–Crippen LogP) is 2.05. The summed E-state index contributed by atoms with van der Waals surface area (Å²) in [6, 6.07) is 3.38. The highest BCUT2D eigenvalue weighted by atomic mass is 32.2. The van der Waals surface area contributed by atoms with Gasteiger partial charge in [-0.25, -0.2) is 18.1 Å². The molecule has 0 unspecified atom stereocenters. The molecule has 0 aliphatic heterocycles. The van der Waals surface area contributed by atoms with Gasteiger partial charge >= 0.3 is 0 Å². The SMILES string of the molecule is CCNCc1ccc(S(=O)(=O)NCC2(C)CCCC2)nc1. The van der Waals surface area contributed by atoms with E-state index in [1.165, 1.54) is 12.8 Å². The van der Waals surface area contributed by atoms with Crippen LogP contribution in [-0.2, 0) is 16.6 Å². The zero-order valence-corrected chi connectivity index (χ0v) is 13.7. The van der Waals surface area contributed by atoms with E-state index in [-0.39, 0.29) is 10.4 Å². The lowest BCUT2D eigenvalue weighted by Crippen LogP contribution is -2.34. The minimum absolute atomic E-state index is 0.0953. The molecule has 0 atom stereocenters. The Bertz CT molecular complexity index is 549. The third-order valence-corrected chi connectivity index (χ3v) is 5.47. The Labute approximate surface area is 127 Å². The molecule has 1 aliphatic rings. The van der Waals surface area contributed by atoms with Gasteiger partial charge in [0.15, 0.2) is 5.03 Å². The highest BCUT2D eigenvalue weighted by Crippen LogP contribution is 2.36. The standard InChI is InChI=1S/C15H25N3O2S/c1-3-16-10-13-6-7-14(17-11-13)21(19,20)18-12-15(2)8-4-5-9-15/h6-7,11,16,18H,3-5,8-10,12H2,1-2H3. The summed E-state index contributed by atoms with van der Waals surface area (Å²) in [5, 5.41) is 3.29. The fourth-order valence-corrected chi connectivity index (χ4v) is 3.82. The number of nitrogens with one attached hydrogen (secondary N) is 2. The molecule has 0 spiro atoms. The van der Waals surface area contributed by atoms with Gasteiger partial charge in [0, 0.05) is 19.3 Å². The van der Waals surface area contributed by atoms with Gasteiger partial charge in [-0.15, -0.1) is 0 Å². The van der Waals surface area contributed by atoms with E-state index in [9.17, 15) is 8.42 Å². The van der Waals surface area contributed by atoms with Crippen LogP contribution in [0.2, 0.25) is 0 Å². The van der Waals surface area contributed by atoms with Crippen LogP contribution >= 0.6 is 0 Å². The second-order valence-electron chi connectivity index (χ2n) is 6.13. The lowest BCUT2D eigenvalue weighted by molar-refractivity contribution is 0.336. The van der Waals surface area contributed by atoms with Gasteiger partial charge in [-0.2, -0.15) is 0 Å². The number of rotatable bonds is 7. The van der Waals surface area contributed by atoms with E-state index in [2.05, 4.69) is 21.9 Å². The van der Waals surface area contributed by atoms with Crippen LogP contribution in [0.3, 0.4) is 0 Å². The number of sulfonamides is 1. The zero-order valence-electron chi connectivity index (χ0n) is 12.9. The zero-order chi connectivity index (χ0) is 15.3. The normalized spacial score (nSPS) is 18.0. The molecule has 21 heavy (non-hydrogen) atoms. The molecule has 0 amide bonds. The maximum atomic E-state index is 12.3. The molecule has 1 aromatic heterocycles. The lowest BCUT2D eigenvalue weighted by Gasteiger charge is -2.23. The first-order valence-electron chi connectivity index (χ1n) is 7.60. The van der Waals surface area contributed by atoms with E-state index in [1.54, 1.807) is 12.3 Å². The summed E-state index contributed by atoms with van der Waals surface area (Å²) in [5.74, 6) is 0. The molecule has 118 valence electrons. The van der Waals surface area contributed by atoms with Gasteiger partial charge in [0.05, 0.1) is 0 Å². The summed E-state index contributed by atoms with van der Waals surface area (Å²) in [6.07, 6.45) is 6.18. The topological polar surface area (TPSA) is 71.1 Å². The smallest absolute Gasteiger partial charge is 0.258 e. The van der Waals surface area contributed by atoms with Gasteiger partial charge in [-0.1, -0.05) is 32.8 Å². The van der Waals surface area contributed by atoms with E-state index in [4.69, 9.17) is 0 Å². The first kappa shape index (κ1) is 16.4. The Hall–Kier alpha value is -0.980. The summed E-state index contributed by atoms with van der Waals surface area (Å²) in [7, 11) is -3.50. The molecule has 1 saturated carbocycles. The first-order valence-corrected chi connectivity index (χ1v) is 9.09. The van der Waals surface area contributed by atoms with Gasteiger partial charge in [0.2, 0.25) is 0 Å². The van der Waals surface area contributed by atoms with Crippen molar-refractivity contribution in [1.29, 1.82) is 0 Å². The van der Waals surface area contributed by atoms with Gasteiger partial charge < -0.3 is 5.32 Å². The van der Waals surface area contributed by atoms with Gasteiger partial charge in [-0.05, 0) is 36.4 Å². The molecule has 0 bridgehead atoms. The number of hydrogen-bond acceptors (Lipinski definition) is 4. The highest BCUT2D eigenvalue weighted by Gasteiger charge is 2.30. The quantitative estimate of drug-likeness (QED) is 0.808. The van der Waals surface area contributed by atoms with Crippen molar-refractivity contribution in [2.45, 2.75) is 51.1 Å². The van der Waals surface area contributed by atoms with E-state index >= 15 is 0 Å². The Morgan fingerprint density at radius 3 is 2.57 bits per heavy atom. The fourth-order valence-electron chi connectivity index (χ4n) is 2.69. The molecule has 0 saturated heterocycles. The summed E-state index contributed by atoms with van der Waals surface area (Å²) >= 11 is 0. The summed E-state index contributed by atoms with van der Waals surface area (Å²) < 4.78 is 27.2. The van der Waals surface area contributed by atoms with Crippen LogP contribution in [0.4, 0.5) is 0 Å². The van der Waals surface area contributed by atoms with Gasteiger partial charge in [-0.3, -0.25) is 0 Å². The third kappa shape index (κ3) is 4.49. The molecular formula is C15H25N3O2S. The predicted molar refractivity (Wildman–Crippen MR) is 83.4 cm³/mol. The number of pyridine rings is 1. The second kappa shape index (κ2) is 6.85. The summed E-state index contributed by atoms with van der Waals surface area (Å²) in [4.78, 5) is 4.08. The molecule has 2 rings (SSSR count). The van der Waals surface area contributed by atoms with Crippen molar-refractivity contribution in [2.75, 3.05) is 13.1 Å². The van der Waals surface area contributed by atoms with E-state index in [1.807, 2.05) is 13.0 Å². The minimum Gasteiger partial charge on any atom is -0.313 e. The highest BCUT2D eigenvalue weighted by molar-refractivity contribution is 7.89. The molecule has 1 heterocycles. The van der Waals surface area contributed by atoms with Crippen LogP contribution < -0.4 is 10.0 Å².